The Morgan fingerprint density at radius 3 is 1.83 bits per heavy atom. The quantitative estimate of drug-likeness (QED) is 0.459. The average Bonchev–Trinajstić information content (AvgIpc) is 2.86. The molecule has 4 rings (SSSR count). The molecule has 4 nitrogen and oxygen atoms in total. The summed E-state index contributed by atoms with van der Waals surface area (Å²) in [6.07, 6.45) is 0.248. The van der Waals surface area contributed by atoms with Gasteiger partial charge in [0.1, 0.15) is 11.6 Å². The maximum atomic E-state index is 13.5. The normalized spacial score (nSPS) is 16.9. The van der Waals surface area contributed by atoms with E-state index in [2.05, 4.69) is 9.80 Å². The number of piperazine rings is 1. The van der Waals surface area contributed by atoms with Crippen LogP contribution in [0.2, 0.25) is 0 Å². The number of nitrogens with zero attached hydrogens (tertiary/aromatic N) is 2. The Morgan fingerprint density at radius 1 is 0.771 bits per heavy atom. The van der Waals surface area contributed by atoms with Crippen LogP contribution in [0.1, 0.15) is 21.9 Å². The zero-order valence-corrected chi connectivity index (χ0v) is 20.5. The van der Waals surface area contributed by atoms with Gasteiger partial charge >= 0.3 is 0 Å². The van der Waals surface area contributed by atoms with Crippen LogP contribution in [0, 0.1) is 11.6 Å². The average molecular weight is 499 g/mol. The minimum atomic E-state index is -1.26. The number of benzene rings is 3. The summed E-state index contributed by atoms with van der Waals surface area (Å²) in [5, 5.41) is 10.0. The van der Waals surface area contributed by atoms with E-state index in [4.69, 9.17) is 0 Å². The monoisotopic (exact) mass is 498 g/mol. The van der Waals surface area contributed by atoms with Gasteiger partial charge in [-0.3, -0.25) is 14.0 Å². The highest BCUT2D eigenvalue weighted by atomic mass is 32.2. The van der Waals surface area contributed by atoms with Gasteiger partial charge < -0.3 is 5.11 Å². The van der Waals surface area contributed by atoms with Crippen LogP contribution in [0.25, 0.3) is 0 Å². The fourth-order valence-electron chi connectivity index (χ4n) is 4.55. The Bertz CT molecular complexity index is 1030. The summed E-state index contributed by atoms with van der Waals surface area (Å²) >= 11 is 0. The van der Waals surface area contributed by atoms with E-state index >= 15 is 0 Å². The van der Waals surface area contributed by atoms with Gasteiger partial charge in [0.25, 0.3) is 0 Å². The third-order valence-corrected chi connectivity index (χ3v) is 8.12. The Hall–Kier alpha value is -2.45. The topological polar surface area (TPSA) is 43.8 Å². The fourth-order valence-corrected chi connectivity index (χ4v) is 6.15. The second kappa shape index (κ2) is 12.5. The molecule has 1 aliphatic rings. The molecule has 3 aromatic rings. The van der Waals surface area contributed by atoms with Crippen LogP contribution in [0.4, 0.5) is 8.78 Å². The largest absolute Gasteiger partial charge is 0.391 e. The molecule has 2 atom stereocenters. The first-order valence-electron chi connectivity index (χ1n) is 12.0. The van der Waals surface area contributed by atoms with Gasteiger partial charge in [-0.1, -0.05) is 54.6 Å². The Balaban J connectivity index is 1.29. The second-order valence-corrected chi connectivity index (χ2v) is 10.7. The first kappa shape index (κ1) is 25.6. The number of rotatable bonds is 10. The van der Waals surface area contributed by atoms with E-state index in [1.54, 1.807) is 24.3 Å². The van der Waals surface area contributed by atoms with E-state index in [1.807, 2.05) is 30.3 Å². The lowest BCUT2D eigenvalue weighted by atomic mass is 10.0. The van der Waals surface area contributed by atoms with Crippen molar-refractivity contribution in [3.8, 4) is 0 Å². The predicted octanol–water partition coefficient (Wildman–Crippen LogP) is 4.02. The summed E-state index contributed by atoms with van der Waals surface area (Å²) in [6, 6.07) is 22.1. The number of halogens is 2. The molecule has 7 heteroatoms. The van der Waals surface area contributed by atoms with Gasteiger partial charge in [0.2, 0.25) is 0 Å². The van der Waals surface area contributed by atoms with Crippen molar-refractivity contribution in [1.29, 1.82) is 0 Å². The van der Waals surface area contributed by atoms with Crippen LogP contribution >= 0.6 is 0 Å². The molecular formula is C28H32F2N2O2S. The Kier molecular flexibility index (Phi) is 9.15. The van der Waals surface area contributed by atoms with Crippen LogP contribution in [0.5, 0.6) is 0 Å². The number of β-amino-alcohol motifs (C(OH)–C–C–N with tert-alkyl or cyclic N) is 1. The van der Waals surface area contributed by atoms with Gasteiger partial charge in [0.05, 0.1) is 11.4 Å². The summed E-state index contributed by atoms with van der Waals surface area (Å²) < 4.78 is 40.3. The molecule has 0 amide bonds. The van der Waals surface area contributed by atoms with Crippen molar-refractivity contribution in [2.75, 3.05) is 45.0 Å². The molecule has 1 saturated heterocycles. The molecule has 35 heavy (non-hydrogen) atoms. The molecule has 0 saturated carbocycles. The van der Waals surface area contributed by atoms with Crippen LogP contribution in [0.15, 0.2) is 78.9 Å². The van der Waals surface area contributed by atoms with Gasteiger partial charge in [0, 0.05) is 55.8 Å². The number of hydrogen-bond donors (Lipinski definition) is 1. The summed E-state index contributed by atoms with van der Waals surface area (Å²) in [6.45, 7) is 4.76. The van der Waals surface area contributed by atoms with E-state index in [0.29, 0.717) is 25.3 Å². The van der Waals surface area contributed by atoms with E-state index in [-0.39, 0.29) is 11.6 Å². The number of hydrogen-bond acceptors (Lipinski definition) is 4. The first-order valence-corrected chi connectivity index (χ1v) is 13.4. The van der Waals surface area contributed by atoms with E-state index in [1.165, 1.54) is 24.3 Å². The summed E-state index contributed by atoms with van der Waals surface area (Å²) in [4.78, 5) is 4.57. The molecule has 0 radical (unpaired) electrons. The number of aliphatic hydroxyl groups excluding tert-OH is 1. The minimum Gasteiger partial charge on any atom is -0.391 e. The Morgan fingerprint density at radius 2 is 1.29 bits per heavy atom. The standard InChI is InChI=1S/C28H32F2N2O2S/c29-25-10-6-23(7-11-25)28(24-8-12-26(30)13-9-24)35(34)19-18-31-14-16-32(17-15-31)21-27(33)20-22-4-2-1-3-5-22/h1-13,27-28,33H,14-21H2/t27-,35?/m1/s1. The van der Waals surface area contributed by atoms with Crippen molar-refractivity contribution >= 4 is 10.8 Å². The minimum absolute atomic E-state index is 0.343. The van der Waals surface area contributed by atoms with Gasteiger partial charge in [-0.15, -0.1) is 0 Å². The van der Waals surface area contributed by atoms with Crippen molar-refractivity contribution in [3.63, 3.8) is 0 Å². The molecule has 1 fully saturated rings. The molecule has 1 heterocycles. The summed E-state index contributed by atoms with van der Waals surface area (Å²) in [5.41, 5.74) is 2.65. The van der Waals surface area contributed by atoms with Gasteiger partial charge in [-0.05, 0) is 47.4 Å². The molecule has 1 N–H and O–H groups in total. The van der Waals surface area contributed by atoms with Crippen LogP contribution < -0.4 is 0 Å². The maximum absolute atomic E-state index is 13.5. The molecule has 0 aliphatic carbocycles. The molecule has 0 bridgehead atoms. The lowest BCUT2D eigenvalue weighted by Crippen LogP contribution is -2.49. The van der Waals surface area contributed by atoms with Crippen LogP contribution in [0.3, 0.4) is 0 Å². The van der Waals surface area contributed by atoms with Gasteiger partial charge in [0.15, 0.2) is 0 Å². The molecule has 186 valence electrons. The van der Waals surface area contributed by atoms with E-state index < -0.39 is 22.2 Å². The first-order chi connectivity index (χ1) is 17.0. The zero-order chi connectivity index (χ0) is 24.6. The van der Waals surface area contributed by atoms with E-state index in [9.17, 15) is 18.1 Å². The highest BCUT2D eigenvalue weighted by Crippen LogP contribution is 2.29. The highest BCUT2D eigenvalue weighted by Gasteiger charge is 2.24. The molecule has 1 aliphatic heterocycles. The van der Waals surface area contributed by atoms with Crippen LogP contribution in [-0.4, -0.2) is 70.2 Å². The predicted molar refractivity (Wildman–Crippen MR) is 137 cm³/mol. The molecular weight excluding hydrogens is 466 g/mol. The van der Waals surface area contributed by atoms with Crippen molar-refractivity contribution in [3.05, 3.63) is 107 Å². The van der Waals surface area contributed by atoms with Crippen molar-refractivity contribution in [1.82, 2.24) is 9.80 Å². The zero-order valence-electron chi connectivity index (χ0n) is 19.7. The SMILES string of the molecule is O=S(CCN1CCN(C[C@H](O)Cc2ccccc2)CC1)C(c1ccc(F)cc1)c1ccc(F)cc1. The van der Waals surface area contributed by atoms with Gasteiger partial charge in [-0.25, -0.2) is 8.78 Å². The third-order valence-electron chi connectivity index (χ3n) is 6.47. The fraction of sp³-hybridized carbons (Fsp3) is 0.357. The summed E-state index contributed by atoms with van der Waals surface area (Å²) in [5.74, 6) is -0.218. The lowest BCUT2D eigenvalue weighted by Gasteiger charge is -2.35. The van der Waals surface area contributed by atoms with E-state index in [0.717, 1.165) is 42.9 Å². The summed E-state index contributed by atoms with van der Waals surface area (Å²) in [7, 11) is -1.26. The smallest absolute Gasteiger partial charge is 0.123 e. The lowest BCUT2D eigenvalue weighted by molar-refractivity contribution is 0.0750. The van der Waals surface area contributed by atoms with Crippen molar-refractivity contribution < 1.29 is 18.1 Å². The second-order valence-electron chi connectivity index (χ2n) is 9.05. The molecule has 3 aromatic carbocycles. The molecule has 0 spiro atoms. The highest BCUT2D eigenvalue weighted by molar-refractivity contribution is 7.85. The number of aliphatic hydroxyl groups is 1. The van der Waals surface area contributed by atoms with Gasteiger partial charge in [-0.2, -0.15) is 0 Å². The Labute approximate surface area is 208 Å². The van der Waals surface area contributed by atoms with Crippen LogP contribution in [-0.2, 0) is 17.2 Å². The molecule has 1 unspecified atom stereocenters. The third kappa shape index (κ3) is 7.51. The van der Waals surface area contributed by atoms with Crippen molar-refractivity contribution in [2.24, 2.45) is 0 Å². The molecule has 0 aromatic heterocycles. The maximum Gasteiger partial charge on any atom is 0.123 e. The van der Waals surface area contributed by atoms with Crippen molar-refractivity contribution in [2.45, 2.75) is 17.8 Å².